The van der Waals surface area contributed by atoms with Crippen LogP contribution in [0.3, 0.4) is 0 Å². The molecule has 0 amide bonds. The van der Waals surface area contributed by atoms with Gasteiger partial charge in [-0.15, -0.1) is 0 Å². The second-order valence-corrected chi connectivity index (χ2v) is 3.60. The average molecular weight is 217 g/mol. The zero-order valence-corrected chi connectivity index (χ0v) is 9.13. The summed E-state index contributed by atoms with van der Waals surface area (Å²) in [4.78, 5) is 0. The van der Waals surface area contributed by atoms with Gasteiger partial charge < -0.3 is 5.32 Å². The highest BCUT2D eigenvalue weighted by Crippen LogP contribution is 2.02. The van der Waals surface area contributed by atoms with E-state index in [4.69, 9.17) is 0 Å². The lowest BCUT2D eigenvalue weighted by atomic mass is 10.4. The van der Waals surface area contributed by atoms with E-state index >= 15 is 0 Å². The standard InChI is InChI=1S/C10H17F2N3/c1-8-6-9(2)15(14-8)5-3-4-13-7-10(11)12/h6,10,13H,3-5,7H2,1-2H3. The van der Waals surface area contributed by atoms with E-state index in [1.54, 1.807) is 0 Å². The van der Waals surface area contributed by atoms with Gasteiger partial charge in [0, 0.05) is 12.2 Å². The Morgan fingerprint density at radius 2 is 2.20 bits per heavy atom. The molecule has 3 nitrogen and oxygen atoms in total. The van der Waals surface area contributed by atoms with E-state index in [1.165, 1.54) is 0 Å². The van der Waals surface area contributed by atoms with Crippen molar-refractivity contribution >= 4 is 0 Å². The van der Waals surface area contributed by atoms with Crippen LogP contribution in [0.1, 0.15) is 17.8 Å². The van der Waals surface area contributed by atoms with Crippen LogP contribution in [-0.4, -0.2) is 29.3 Å². The number of alkyl halides is 2. The Morgan fingerprint density at radius 1 is 1.47 bits per heavy atom. The summed E-state index contributed by atoms with van der Waals surface area (Å²) in [5, 5.41) is 6.97. The molecule has 1 aromatic rings. The maximum atomic E-state index is 11.8. The van der Waals surface area contributed by atoms with Crippen molar-refractivity contribution < 1.29 is 8.78 Å². The zero-order chi connectivity index (χ0) is 11.3. The van der Waals surface area contributed by atoms with Crippen molar-refractivity contribution in [2.75, 3.05) is 13.1 Å². The highest BCUT2D eigenvalue weighted by Gasteiger charge is 2.02. The summed E-state index contributed by atoms with van der Waals surface area (Å²) in [6, 6.07) is 2.01. The Kier molecular flexibility index (Phi) is 4.68. The molecule has 1 heterocycles. The fourth-order valence-corrected chi connectivity index (χ4v) is 1.47. The van der Waals surface area contributed by atoms with Crippen LogP contribution in [-0.2, 0) is 6.54 Å². The second-order valence-electron chi connectivity index (χ2n) is 3.60. The van der Waals surface area contributed by atoms with Gasteiger partial charge in [-0.2, -0.15) is 5.10 Å². The summed E-state index contributed by atoms with van der Waals surface area (Å²) < 4.78 is 25.4. The molecule has 0 spiro atoms. The molecule has 0 bridgehead atoms. The molecule has 86 valence electrons. The molecule has 0 atom stereocenters. The van der Waals surface area contributed by atoms with Gasteiger partial charge in [0.1, 0.15) is 0 Å². The van der Waals surface area contributed by atoms with Crippen molar-refractivity contribution in [2.24, 2.45) is 0 Å². The van der Waals surface area contributed by atoms with Crippen LogP contribution in [0.5, 0.6) is 0 Å². The molecular formula is C10H17F2N3. The number of aromatic nitrogens is 2. The Morgan fingerprint density at radius 3 is 2.73 bits per heavy atom. The molecule has 15 heavy (non-hydrogen) atoms. The van der Waals surface area contributed by atoms with Crippen LogP contribution >= 0.6 is 0 Å². The summed E-state index contributed by atoms with van der Waals surface area (Å²) >= 11 is 0. The van der Waals surface area contributed by atoms with Gasteiger partial charge in [-0.05, 0) is 32.9 Å². The molecule has 0 saturated carbocycles. The topological polar surface area (TPSA) is 29.9 Å². The summed E-state index contributed by atoms with van der Waals surface area (Å²) in [6.07, 6.45) is -1.45. The lowest BCUT2D eigenvalue weighted by molar-refractivity contribution is 0.146. The molecule has 0 aromatic carbocycles. The molecule has 0 aliphatic rings. The van der Waals surface area contributed by atoms with Crippen LogP contribution in [0, 0.1) is 13.8 Å². The summed E-state index contributed by atoms with van der Waals surface area (Å²) in [6.45, 7) is 5.08. The first-order valence-corrected chi connectivity index (χ1v) is 5.09. The third-order valence-electron chi connectivity index (χ3n) is 2.13. The number of nitrogens with zero attached hydrogens (tertiary/aromatic N) is 2. The molecule has 0 aliphatic heterocycles. The Hall–Kier alpha value is -0.970. The van der Waals surface area contributed by atoms with Crippen molar-refractivity contribution in [3.8, 4) is 0 Å². The lowest BCUT2D eigenvalue weighted by Crippen LogP contribution is -2.23. The summed E-state index contributed by atoms with van der Waals surface area (Å²) in [5.74, 6) is 0. The third kappa shape index (κ3) is 4.38. The molecule has 1 N–H and O–H groups in total. The Balaban J connectivity index is 2.17. The van der Waals surface area contributed by atoms with E-state index in [0.717, 1.165) is 24.4 Å². The fourth-order valence-electron chi connectivity index (χ4n) is 1.47. The molecule has 1 aromatic heterocycles. The second kappa shape index (κ2) is 5.80. The fraction of sp³-hybridized carbons (Fsp3) is 0.700. The van der Waals surface area contributed by atoms with Crippen molar-refractivity contribution in [1.82, 2.24) is 15.1 Å². The van der Waals surface area contributed by atoms with Gasteiger partial charge in [0.05, 0.1) is 12.2 Å². The number of nitrogens with one attached hydrogen (secondary N) is 1. The minimum atomic E-state index is -2.27. The van der Waals surface area contributed by atoms with Crippen LogP contribution in [0.4, 0.5) is 8.78 Å². The molecular weight excluding hydrogens is 200 g/mol. The average Bonchev–Trinajstić information content (AvgIpc) is 2.44. The highest BCUT2D eigenvalue weighted by molar-refractivity contribution is 5.06. The van der Waals surface area contributed by atoms with Gasteiger partial charge >= 0.3 is 0 Å². The van der Waals surface area contributed by atoms with Crippen LogP contribution < -0.4 is 5.32 Å². The van der Waals surface area contributed by atoms with E-state index in [2.05, 4.69) is 10.4 Å². The predicted molar refractivity (Wildman–Crippen MR) is 55.2 cm³/mol. The molecule has 0 fully saturated rings. The molecule has 5 heteroatoms. The quantitative estimate of drug-likeness (QED) is 0.736. The normalized spacial score (nSPS) is 11.3. The number of halogens is 2. The minimum Gasteiger partial charge on any atom is -0.311 e. The molecule has 0 radical (unpaired) electrons. The number of rotatable bonds is 6. The molecule has 1 rings (SSSR count). The van der Waals surface area contributed by atoms with Crippen molar-refractivity contribution in [2.45, 2.75) is 33.2 Å². The van der Waals surface area contributed by atoms with E-state index in [0.29, 0.717) is 6.54 Å². The lowest BCUT2D eigenvalue weighted by Gasteiger charge is -2.05. The molecule has 0 unspecified atom stereocenters. The predicted octanol–water partition coefficient (Wildman–Crippen LogP) is 1.74. The Bertz CT molecular complexity index is 297. The van der Waals surface area contributed by atoms with Gasteiger partial charge in [-0.1, -0.05) is 0 Å². The smallest absolute Gasteiger partial charge is 0.250 e. The maximum Gasteiger partial charge on any atom is 0.250 e. The largest absolute Gasteiger partial charge is 0.311 e. The zero-order valence-electron chi connectivity index (χ0n) is 9.13. The van der Waals surface area contributed by atoms with Crippen molar-refractivity contribution in [3.63, 3.8) is 0 Å². The van der Waals surface area contributed by atoms with Gasteiger partial charge in [0.25, 0.3) is 6.43 Å². The van der Waals surface area contributed by atoms with Crippen molar-refractivity contribution in [3.05, 3.63) is 17.5 Å². The van der Waals surface area contributed by atoms with E-state index in [-0.39, 0.29) is 6.54 Å². The first-order chi connectivity index (χ1) is 7.09. The molecule has 0 aliphatic carbocycles. The van der Waals surface area contributed by atoms with E-state index in [1.807, 2.05) is 24.6 Å². The van der Waals surface area contributed by atoms with Gasteiger partial charge in [0.15, 0.2) is 0 Å². The van der Waals surface area contributed by atoms with Crippen LogP contribution in [0.25, 0.3) is 0 Å². The first-order valence-electron chi connectivity index (χ1n) is 5.09. The van der Waals surface area contributed by atoms with E-state index in [9.17, 15) is 8.78 Å². The van der Waals surface area contributed by atoms with Gasteiger partial charge in [-0.3, -0.25) is 4.68 Å². The minimum absolute atomic E-state index is 0.225. The van der Waals surface area contributed by atoms with Gasteiger partial charge in [0.2, 0.25) is 0 Å². The maximum absolute atomic E-state index is 11.8. The third-order valence-corrected chi connectivity index (χ3v) is 2.13. The van der Waals surface area contributed by atoms with Crippen molar-refractivity contribution in [1.29, 1.82) is 0 Å². The first kappa shape index (κ1) is 12.1. The summed E-state index contributed by atoms with van der Waals surface area (Å²) in [7, 11) is 0. The molecule has 0 saturated heterocycles. The number of hydrogen-bond acceptors (Lipinski definition) is 2. The summed E-state index contributed by atoms with van der Waals surface area (Å²) in [5.41, 5.74) is 2.11. The Labute approximate surface area is 88.5 Å². The van der Waals surface area contributed by atoms with Crippen LogP contribution in [0.2, 0.25) is 0 Å². The van der Waals surface area contributed by atoms with Gasteiger partial charge in [-0.25, -0.2) is 8.78 Å². The monoisotopic (exact) mass is 217 g/mol. The SMILES string of the molecule is Cc1cc(C)n(CCCNCC(F)F)n1. The van der Waals surface area contributed by atoms with E-state index < -0.39 is 6.43 Å². The van der Waals surface area contributed by atoms with Crippen LogP contribution in [0.15, 0.2) is 6.07 Å². The highest BCUT2D eigenvalue weighted by atomic mass is 19.3. The number of aryl methyl sites for hydroxylation is 3. The number of hydrogen-bond donors (Lipinski definition) is 1.